The third-order valence-corrected chi connectivity index (χ3v) is 10.0. The Labute approximate surface area is 339 Å². The largest absolute Gasteiger partial charge is 0.480 e. The minimum Gasteiger partial charge on any atom is -0.480 e. The Kier molecular flexibility index (Phi) is 37.5. The molecule has 0 aliphatic heterocycles. The van der Waals surface area contributed by atoms with Crippen molar-refractivity contribution in [1.82, 2.24) is 0 Å². The summed E-state index contributed by atoms with van der Waals surface area (Å²) in [5.41, 5.74) is 5.33. The monoisotopic (exact) mass is 812 g/mol. The van der Waals surface area contributed by atoms with Crippen LogP contribution in [0.1, 0.15) is 181 Å². The van der Waals surface area contributed by atoms with Gasteiger partial charge in [0.05, 0.1) is 13.2 Å². The summed E-state index contributed by atoms with van der Waals surface area (Å²) in [4.78, 5) is 45.9. The van der Waals surface area contributed by atoms with Crippen molar-refractivity contribution in [3.63, 3.8) is 0 Å². The van der Waals surface area contributed by atoms with E-state index in [1.807, 2.05) is 0 Å². The van der Waals surface area contributed by atoms with Crippen LogP contribution in [0, 0.1) is 0 Å². The molecule has 0 radical (unpaired) electrons. The van der Waals surface area contributed by atoms with E-state index < -0.39 is 51.1 Å². The summed E-state index contributed by atoms with van der Waals surface area (Å²) in [6, 6.07) is -1.53. The van der Waals surface area contributed by atoms with Gasteiger partial charge in [0.1, 0.15) is 12.6 Å². The molecule has 0 aromatic heterocycles. The molecule has 0 aromatic rings. The first-order valence-electron chi connectivity index (χ1n) is 21.7. The van der Waals surface area contributed by atoms with Crippen molar-refractivity contribution in [2.45, 2.75) is 193 Å². The number of unbranched alkanes of at least 4 members (excludes halogenated alkanes) is 18. The Hall–Kier alpha value is -2.56. The van der Waals surface area contributed by atoms with Gasteiger partial charge in [-0.3, -0.25) is 23.4 Å². The highest BCUT2D eigenvalue weighted by Gasteiger charge is 2.28. The predicted molar refractivity (Wildman–Crippen MR) is 226 cm³/mol. The Morgan fingerprint density at radius 3 is 1.52 bits per heavy atom. The third kappa shape index (κ3) is 38.3. The second kappa shape index (κ2) is 39.3. The van der Waals surface area contributed by atoms with Crippen LogP contribution in [-0.4, -0.2) is 59.9 Å². The van der Waals surface area contributed by atoms with E-state index in [1.54, 1.807) is 0 Å². The normalized spacial score (nSPS) is 14.2. The van der Waals surface area contributed by atoms with Crippen molar-refractivity contribution in [2.24, 2.45) is 5.73 Å². The number of carbonyl (C=O) groups is 3. The fourth-order valence-corrected chi connectivity index (χ4v) is 6.44. The van der Waals surface area contributed by atoms with E-state index in [4.69, 9.17) is 24.8 Å². The van der Waals surface area contributed by atoms with Gasteiger partial charge in [-0.05, 0) is 70.6 Å². The average Bonchev–Trinajstić information content (AvgIpc) is 3.17. The van der Waals surface area contributed by atoms with Gasteiger partial charge in [0.25, 0.3) is 0 Å². The molecule has 0 rings (SSSR count). The molecule has 12 heteroatoms. The van der Waals surface area contributed by atoms with E-state index in [9.17, 15) is 23.8 Å². The predicted octanol–water partition coefficient (Wildman–Crippen LogP) is 11.4. The van der Waals surface area contributed by atoms with Crippen molar-refractivity contribution in [2.75, 3.05) is 19.8 Å². The van der Waals surface area contributed by atoms with Gasteiger partial charge in [-0.1, -0.05) is 146 Å². The van der Waals surface area contributed by atoms with Crippen molar-refractivity contribution < 1.29 is 47.5 Å². The highest BCUT2D eigenvalue weighted by Crippen LogP contribution is 2.43. The molecular formula is C44H78NO10P. The number of hydrogen-bond acceptors (Lipinski definition) is 9. The number of carbonyl (C=O) groups excluding carboxylic acids is 2. The molecule has 0 saturated carbocycles. The molecule has 4 N–H and O–H groups in total. The maximum Gasteiger partial charge on any atom is 0.472 e. The topological polar surface area (TPSA) is 172 Å². The second-order valence-electron chi connectivity index (χ2n) is 14.4. The second-order valence-corrected chi connectivity index (χ2v) is 15.9. The van der Waals surface area contributed by atoms with Crippen molar-refractivity contribution in [3.8, 4) is 0 Å². The number of phosphoric acid groups is 1. The fraction of sp³-hybridized carbons (Fsp3) is 0.750. The molecule has 11 nitrogen and oxygen atoms in total. The molecule has 0 heterocycles. The molecule has 56 heavy (non-hydrogen) atoms. The van der Waals surface area contributed by atoms with E-state index in [-0.39, 0.29) is 19.4 Å². The fourth-order valence-electron chi connectivity index (χ4n) is 5.66. The number of esters is 2. The van der Waals surface area contributed by atoms with Gasteiger partial charge >= 0.3 is 25.7 Å². The number of aliphatic carboxylic acids is 1. The summed E-state index contributed by atoms with van der Waals surface area (Å²) in [5, 5.41) is 8.88. The van der Waals surface area contributed by atoms with Gasteiger partial charge in [-0.2, -0.15) is 0 Å². The van der Waals surface area contributed by atoms with Gasteiger partial charge in [-0.25, -0.2) is 4.57 Å². The van der Waals surface area contributed by atoms with Gasteiger partial charge in [-0.15, -0.1) is 0 Å². The van der Waals surface area contributed by atoms with Gasteiger partial charge < -0.3 is 25.2 Å². The number of phosphoric ester groups is 1. The molecule has 0 aliphatic rings. The molecule has 0 fully saturated rings. The van der Waals surface area contributed by atoms with E-state index in [0.29, 0.717) is 12.8 Å². The summed E-state index contributed by atoms with van der Waals surface area (Å²) in [6.45, 7) is 2.66. The van der Waals surface area contributed by atoms with Crippen LogP contribution >= 0.6 is 7.82 Å². The van der Waals surface area contributed by atoms with E-state index in [2.05, 4.69) is 67.0 Å². The molecule has 1 unspecified atom stereocenters. The van der Waals surface area contributed by atoms with Crippen molar-refractivity contribution in [3.05, 3.63) is 48.6 Å². The summed E-state index contributed by atoms with van der Waals surface area (Å²) in [5.74, 6) is -2.41. The zero-order chi connectivity index (χ0) is 41.4. The highest BCUT2D eigenvalue weighted by molar-refractivity contribution is 7.47. The quantitative estimate of drug-likeness (QED) is 0.0233. The highest BCUT2D eigenvalue weighted by atomic mass is 31.2. The van der Waals surface area contributed by atoms with Crippen LogP contribution in [0.3, 0.4) is 0 Å². The van der Waals surface area contributed by atoms with Crippen LogP contribution in [0.5, 0.6) is 0 Å². The molecule has 0 saturated heterocycles. The number of carboxylic acids is 1. The molecule has 0 bridgehead atoms. The SMILES string of the molecule is CC/C=C/C/C=C/C/C=C/CCCCCCCC(=O)O[C@H](COC(=O)CCCCCCCCC/C=C/CCCCCCCC)COP(=O)(O)OC[C@H](N)C(=O)O. The Morgan fingerprint density at radius 1 is 0.571 bits per heavy atom. The third-order valence-electron chi connectivity index (χ3n) is 9.06. The molecule has 3 atom stereocenters. The van der Waals surface area contributed by atoms with E-state index in [1.165, 1.54) is 64.2 Å². The summed E-state index contributed by atoms with van der Waals surface area (Å²) in [6.07, 6.45) is 43.1. The number of ether oxygens (including phenoxy) is 2. The molecule has 0 spiro atoms. The van der Waals surface area contributed by atoms with E-state index >= 15 is 0 Å². The Balaban J connectivity index is 4.39. The van der Waals surface area contributed by atoms with Crippen LogP contribution in [0.25, 0.3) is 0 Å². The smallest absolute Gasteiger partial charge is 0.472 e. The van der Waals surface area contributed by atoms with Crippen LogP contribution in [0.2, 0.25) is 0 Å². The number of hydrogen-bond donors (Lipinski definition) is 3. The molecule has 0 aromatic carbocycles. The van der Waals surface area contributed by atoms with Crippen LogP contribution in [0.15, 0.2) is 48.6 Å². The molecule has 324 valence electrons. The van der Waals surface area contributed by atoms with Gasteiger partial charge in [0.2, 0.25) is 0 Å². The number of rotatable bonds is 40. The van der Waals surface area contributed by atoms with Crippen LogP contribution in [0.4, 0.5) is 0 Å². The number of nitrogens with two attached hydrogens (primary N) is 1. The van der Waals surface area contributed by atoms with Crippen LogP contribution < -0.4 is 5.73 Å². The lowest BCUT2D eigenvalue weighted by Crippen LogP contribution is -2.34. The first-order chi connectivity index (χ1) is 27.1. The number of carboxylic acid groups (broad SMARTS) is 1. The van der Waals surface area contributed by atoms with Crippen molar-refractivity contribution in [1.29, 1.82) is 0 Å². The lowest BCUT2D eigenvalue weighted by Gasteiger charge is -2.20. The number of allylic oxidation sites excluding steroid dienone is 8. The van der Waals surface area contributed by atoms with Gasteiger partial charge in [0.15, 0.2) is 6.10 Å². The summed E-state index contributed by atoms with van der Waals surface area (Å²) >= 11 is 0. The summed E-state index contributed by atoms with van der Waals surface area (Å²) in [7, 11) is -4.72. The standard InChI is InChI=1S/C44H78NO10P/c1-3-5-7-9-11-13-15-17-19-20-22-23-25-27-29-31-33-35-42(46)52-37-40(38-53-56(50,51)54-39-41(45)44(48)49)55-43(47)36-34-32-30-28-26-24-21-18-16-14-12-10-8-6-4-2/h6,8,12,14,17-19,21,40-41H,3-5,7,9-11,13,15-16,20,22-39,45H2,1-2H3,(H,48,49)(H,50,51)/b8-6+,14-12+,19-17+,21-18+/t40-,41+/m1/s1. The Bertz CT molecular complexity index is 1140. The maximum atomic E-state index is 12.6. The zero-order valence-electron chi connectivity index (χ0n) is 35.0. The molecular weight excluding hydrogens is 733 g/mol. The lowest BCUT2D eigenvalue weighted by molar-refractivity contribution is -0.161. The van der Waals surface area contributed by atoms with Crippen LogP contribution in [-0.2, 0) is 37.5 Å². The maximum absolute atomic E-state index is 12.6. The average molecular weight is 812 g/mol. The van der Waals surface area contributed by atoms with Gasteiger partial charge in [0, 0.05) is 12.8 Å². The Morgan fingerprint density at radius 2 is 1.00 bits per heavy atom. The minimum absolute atomic E-state index is 0.140. The molecule has 0 amide bonds. The van der Waals surface area contributed by atoms with E-state index in [0.717, 1.165) is 77.0 Å². The first-order valence-corrected chi connectivity index (χ1v) is 23.2. The molecule has 0 aliphatic carbocycles. The first kappa shape index (κ1) is 53.4. The summed E-state index contributed by atoms with van der Waals surface area (Å²) < 4.78 is 32.7. The lowest BCUT2D eigenvalue weighted by atomic mass is 10.1. The zero-order valence-corrected chi connectivity index (χ0v) is 35.9. The van der Waals surface area contributed by atoms with Crippen molar-refractivity contribution >= 4 is 25.7 Å². The minimum atomic E-state index is -4.72.